The number of halogens is 2. The van der Waals surface area contributed by atoms with E-state index in [1.54, 1.807) is 41.3 Å². The van der Waals surface area contributed by atoms with E-state index in [0.717, 1.165) is 12.1 Å². The van der Waals surface area contributed by atoms with E-state index in [-0.39, 0.29) is 34.9 Å². The summed E-state index contributed by atoms with van der Waals surface area (Å²) in [5.74, 6) is -1.85. The van der Waals surface area contributed by atoms with Crippen molar-refractivity contribution in [1.82, 2.24) is 24.9 Å². The molecule has 0 saturated heterocycles. The molecule has 0 spiro atoms. The molecule has 3 heterocycles. The molecule has 0 aliphatic rings. The Kier molecular flexibility index (Phi) is 4.62. The Morgan fingerprint density at radius 2 is 2.06 bits per heavy atom. The lowest BCUT2D eigenvalue weighted by Gasteiger charge is -2.14. The summed E-state index contributed by atoms with van der Waals surface area (Å²) < 4.78 is 39.7. The van der Waals surface area contributed by atoms with Gasteiger partial charge in [0.1, 0.15) is 17.9 Å². The molecule has 0 atom stereocenters. The van der Waals surface area contributed by atoms with Crippen molar-refractivity contribution in [3.8, 4) is 22.8 Å². The molecule has 160 valence electrons. The minimum Gasteiger partial charge on any atom is -0.485 e. The number of fused-ring (bicyclic) bond motifs is 1. The third kappa shape index (κ3) is 3.55. The molecule has 0 radical (unpaired) electrons. The number of hydrogen-bond acceptors (Lipinski definition) is 7. The number of anilines is 1. The molecule has 3 aromatic heterocycles. The Hall–Kier alpha value is -4.54. The van der Waals surface area contributed by atoms with Crippen LogP contribution in [-0.2, 0) is 6.61 Å². The smallest absolute Gasteiger partial charge is 0.439 e. The second-order valence-electron chi connectivity index (χ2n) is 6.86. The molecule has 5 rings (SSSR count). The Bertz CT molecular complexity index is 1490. The molecule has 0 aliphatic heterocycles. The molecule has 0 unspecified atom stereocenters. The quantitative estimate of drug-likeness (QED) is 0.433. The van der Waals surface area contributed by atoms with Crippen LogP contribution < -0.4 is 16.2 Å². The standard InChI is InChI=1S/C21H14F2N6O3/c22-14-7-12-8-17(19(24)26-18(12)15(23)9-14)31-10-13-6-11(20-27-21(30)32-28-20)2-3-16(13)29-5-1-4-25-29/h1-9H,10H2,(H2,24,26)(H,27,28,30). The summed E-state index contributed by atoms with van der Waals surface area (Å²) in [6, 6.07) is 10.3. The fourth-order valence-corrected chi connectivity index (χ4v) is 3.31. The number of H-pyrrole nitrogens is 1. The van der Waals surface area contributed by atoms with Crippen LogP contribution in [0.3, 0.4) is 0 Å². The first-order valence-electron chi connectivity index (χ1n) is 9.35. The van der Waals surface area contributed by atoms with Gasteiger partial charge in [0.05, 0.1) is 5.69 Å². The molecular weight excluding hydrogens is 422 g/mol. The van der Waals surface area contributed by atoms with E-state index in [2.05, 4.69) is 24.7 Å². The SMILES string of the molecule is Nc1nc2c(F)cc(F)cc2cc1OCc1cc(-c2noc(=O)[nH]2)ccc1-n1cccn1. The van der Waals surface area contributed by atoms with Crippen LogP contribution in [0, 0.1) is 11.6 Å². The van der Waals surface area contributed by atoms with E-state index in [1.165, 1.54) is 6.07 Å². The molecule has 0 bridgehead atoms. The zero-order chi connectivity index (χ0) is 22.2. The van der Waals surface area contributed by atoms with Crippen molar-refractivity contribution in [2.24, 2.45) is 0 Å². The topological polar surface area (TPSA) is 125 Å². The van der Waals surface area contributed by atoms with Gasteiger partial charge in [-0.1, -0.05) is 5.16 Å². The van der Waals surface area contributed by atoms with E-state index in [1.807, 2.05) is 0 Å². The van der Waals surface area contributed by atoms with Crippen molar-refractivity contribution in [3.05, 3.63) is 82.6 Å². The van der Waals surface area contributed by atoms with Crippen molar-refractivity contribution < 1.29 is 18.0 Å². The summed E-state index contributed by atoms with van der Waals surface area (Å²) in [7, 11) is 0. The van der Waals surface area contributed by atoms with E-state index in [9.17, 15) is 13.6 Å². The van der Waals surface area contributed by atoms with Gasteiger partial charge < -0.3 is 10.5 Å². The Labute approximate surface area is 178 Å². The highest BCUT2D eigenvalue weighted by molar-refractivity contribution is 5.83. The minimum atomic E-state index is -0.812. The van der Waals surface area contributed by atoms with E-state index in [0.29, 0.717) is 16.8 Å². The maximum Gasteiger partial charge on any atom is 0.439 e. The minimum absolute atomic E-state index is 0.0142. The average molecular weight is 436 g/mol. The predicted octanol–water partition coefficient (Wildman–Crippen LogP) is 3.20. The van der Waals surface area contributed by atoms with Gasteiger partial charge in [0.15, 0.2) is 23.2 Å². The van der Waals surface area contributed by atoms with Gasteiger partial charge in [-0.25, -0.2) is 23.2 Å². The van der Waals surface area contributed by atoms with Crippen LogP contribution >= 0.6 is 0 Å². The molecule has 9 nitrogen and oxygen atoms in total. The van der Waals surface area contributed by atoms with E-state index >= 15 is 0 Å². The number of rotatable bonds is 5. The molecule has 3 N–H and O–H groups in total. The summed E-state index contributed by atoms with van der Waals surface area (Å²) in [5.41, 5.74) is 7.84. The van der Waals surface area contributed by atoms with Crippen LogP contribution in [0.2, 0.25) is 0 Å². The predicted molar refractivity (Wildman–Crippen MR) is 110 cm³/mol. The van der Waals surface area contributed by atoms with Crippen LogP contribution in [0.1, 0.15) is 5.56 Å². The number of aromatic nitrogens is 5. The fourth-order valence-electron chi connectivity index (χ4n) is 3.31. The first-order valence-corrected chi connectivity index (χ1v) is 9.35. The monoisotopic (exact) mass is 436 g/mol. The number of nitrogen functional groups attached to an aromatic ring is 1. The molecule has 11 heteroatoms. The molecule has 0 fully saturated rings. The normalized spacial score (nSPS) is 11.2. The third-order valence-electron chi connectivity index (χ3n) is 4.76. The molecule has 5 aromatic rings. The number of nitrogens with two attached hydrogens (primary N) is 1. The third-order valence-corrected chi connectivity index (χ3v) is 4.76. The number of ether oxygens (including phenoxy) is 1. The van der Waals surface area contributed by atoms with Gasteiger partial charge >= 0.3 is 5.76 Å². The second-order valence-corrected chi connectivity index (χ2v) is 6.86. The van der Waals surface area contributed by atoms with Gasteiger partial charge in [-0.3, -0.25) is 9.51 Å². The maximum atomic E-state index is 14.0. The molecular formula is C21H14F2N6O3. The Balaban J connectivity index is 1.53. The second kappa shape index (κ2) is 7.61. The number of hydrogen-bond donors (Lipinski definition) is 2. The molecule has 32 heavy (non-hydrogen) atoms. The first-order chi connectivity index (χ1) is 15.5. The highest BCUT2D eigenvalue weighted by Gasteiger charge is 2.14. The number of benzene rings is 2. The highest BCUT2D eigenvalue weighted by atomic mass is 19.1. The molecule has 0 saturated carbocycles. The number of nitrogens with one attached hydrogen (secondary N) is 1. The number of pyridine rings is 1. The van der Waals surface area contributed by atoms with E-state index < -0.39 is 17.4 Å². The van der Waals surface area contributed by atoms with Crippen LogP contribution in [0.5, 0.6) is 5.75 Å². The van der Waals surface area contributed by atoms with Gasteiger partial charge in [-0.2, -0.15) is 5.10 Å². The lowest BCUT2D eigenvalue weighted by Crippen LogP contribution is -2.06. The first kappa shape index (κ1) is 19.4. The van der Waals surface area contributed by atoms with Crippen molar-refractivity contribution in [2.75, 3.05) is 5.73 Å². The van der Waals surface area contributed by atoms with Crippen molar-refractivity contribution in [3.63, 3.8) is 0 Å². The van der Waals surface area contributed by atoms with Crippen LogP contribution in [0.4, 0.5) is 14.6 Å². The van der Waals surface area contributed by atoms with Crippen LogP contribution in [-0.4, -0.2) is 24.9 Å². The largest absolute Gasteiger partial charge is 0.485 e. The number of aromatic amines is 1. The molecule has 0 aliphatic carbocycles. The van der Waals surface area contributed by atoms with Gasteiger partial charge in [0.25, 0.3) is 0 Å². The maximum absolute atomic E-state index is 14.0. The van der Waals surface area contributed by atoms with Crippen molar-refractivity contribution in [1.29, 1.82) is 0 Å². The van der Waals surface area contributed by atoms with Gasteiger partial charge in [0, 0.05) is 35.0 Å². The van der Waals surface area contributed by atoms with Crippen molar-refractivity contribution in [2.45, 2.75) is 6.61 Å². The molecule has 2 aromatic carbocycles. The summed E-state index contributed by atoms with van der Waals surface area (Å²) >= 11 is 0. The summed E-state index contributed by atoms with van der Waals surface area (Å²) in [6.07, 6.45) is 3.38. The highest BCUT2D eigenvalue weighted by Crippen LogP contribution is 2.29. The van der Waals surface area contributed by atoms with Gasteiger partial charge in [-0.15, -0.1) is 0 Å². The van der Waals surface area contributed by atoms with Gasteiger partial charge in [0.2, 0.25) is 0 Å². The van der Waals surface area contributed by atoms with Crippen LogP contribution in [0.15, 0.2) is 64.2 Å². The zero-order valence-corrected chi connectivity index (χ0v) is 16.3. The van der Waals surface area contributed by atoms with Crippen molar-refractivity contribution >= 4 is 16.7 Å². The lowest BCUT2D eigenvalue weighted by atomic mass is 10.1. The zero-order valence-electron chi connectivity index (χ0n) is 16.3. The molecule has 0 amide bonds. The van der Waals surface area contributed by atoms with Gasteiger partial charge in [-0.05, 0) is 36.4 Å². The van der Waals surface area contributed by atoms with Crippen LogP contribution in [0.25, 0.3) is 28.0 Å². The Morgan fingerprint density at radius 1 is 1.19 bits per heavy atom. The average Bonchev–Trinajstić information content (AvgIpc) is 3.45. The lowest BCUT2D eigenvalue weighted by molar-refractivity contribution is 0.307. The number of nitrogens with zero attached hydrogens (tertiary/aromatic N) is 4. The van der Waals surface area contributed by atoms with E-state index in [4.69, 9.17) is 10.5 Å². The fraction of sp³-hybridized carbons (Fsp3) is 0.0476. The summed E-state index contributed by atoms with van der Waals surface area (Å²) in [4.78, 5) is 17.8. The summed E-state index contributed by atoms with van der Waals surface area (Å²) in [5, 5.41) is 8.15. The summed E-state index contributed by atoms with van der Waals surface area (Å²) in [6.45, 7) is 0.0142. The Morgan fingerprint density at radius 3 is 2.81 bits per heavy atom.